The lowest BCUT2D eigenvalue weighted by Crippen LogP contribution is -2.05. The third kappa shape index (κ3) is 3.73. The molecule has 4 aromatic rings. The molecule has 0 spiro atoms. The number of nitrogens with one attached hydrogen (secondary N) is 1. The fraction of sp³-hybridized carbons (Fsp3) is 0.190. The molecule has 2 aromatic carbocycles. The van der Waals surface area contributed by atoms with Crippen LogP contribution in [-0.2, 0) is 17.7 Å². The summed E-state index contributed by atoms with van der Waals surface area (Å²) in [6.45, 7) is 1.42. The second-order valence-electron chi connectivity index (χ2n) is 6.37. The standard InChI is InChI=1S/C21H20N4O3/c1-27-20(26)19-23-24-21(28-19)22-12-11-16-14-25(13-15-7-3-2-4-8-15)18-10-6-5-9-17(16)18/h2-10,14H,11-13H2,1H3,(H,22,24). The Hall–Kier alpha value is -3.61. The number of hydrogen-bond acceptors (Lipinski definition) is 6. The van der Waals surface area contributed by atoms with Crippen LogP contribution in [0.25, 0.3) is 10.9 Å². The molecular weight excluding hydrogens is 356 g/mol. The quantitative estimate of drug-likeness (QED) is 0.497. The van der Waals surface area contributed by atoms with E-state index in [0.717, 1.165) is 13.0 Å². The third-order valence-corrected chi connectivity index (χ3v) is 4.52. The predicted octanol–water partition coefficient (Wildman–Crippen LogP) is 3.51. The number of benzene rings is 2. The molecule has 0 amide bonds. The number of carbonyl (C=O) groups is 1. The van der Waals surface area contributed by atoms with Gasteiger partial charge in [-0.25, -0.2) is 4.79 Å². The largest absolute Gasteiger partial charge is 0.462 e. The Morgan fingerprint density at radius 3 is 2.71 bits per heavy atom. The van der Waals surface area contributed by atoms with E-state index >= 15 is 0 Å². The molecule has 0 aliphatic rings. The van der Waals surface area contributed by atoms with Crippen LogP contribution >= 0.6 is 0 Å². The molecule has 0 unspecified atom stereocenters. The Bertz CT molecular complexity index is 1090. The Balaban J connectivity index is 1.48. The van der Waals surface area contributed by atoms with Crippen LogP contribution in [0.2, 0.25) is 0 Å². The summed E-state index contributed by atoms with van der Waals surface area (Å²) in [5, 5.41) is 11.7. The van der Waals surface area contributed by atoms with E-state index < -0.39 is 5.97 Å². The molecule has 4 rings (SSSR count). The molecule has 0 bridgehead atoms. The normalized spacial score (nSPS) is 10.9. The van der Waals surface area contributed by atoms with Gasteiger partial charge in [-0.1, -0.05) is 58.7 Å². The van der Waals surface area contributed by atoms with Gasteiger partial charge in [0.15, 0.2) is 0 Å². The number of hydrogen-bond donors (Lipinski definition) is 1. The highest BCUT2D eigenvalue weighted by molar-refractivity contribution is 5.84. The van der Waals surface area contributed by atoms with E-state index in [1.54, 1.807) is 0 Å². The van der Waals surface area contributed by atoms with E-state index in [0.29, 0.717) is 6.54 Å². The summed E-state index contributed by atoms with van der Waals surface area (Å²) in [5.74, 6) is -0.811. The number of fused-ring (bicyclic) bond motifs is 1. The van der Waals surface area contributed by atoms with E-state index in [2.05, 4.69) is 73.5 Å². The van der Waals surface area contributed by atoms with Crippen LogP contribution < -0.4 is 5.32 Å². The Labute approximate surface area is 161 Å². The topological polar surface area (TPSA) is 82.2 Å². The molecule has 0 saturated heterocycles. The van der Waals surface area contributed by atoms with Gasteiger partial charge in [-0.2, -0.15) is 0 Å². The smallest absolute Gasteiger partial charge is 0.396 e. The fourth-order valence-electron chi connectivity index (χ4n) is 3.20. The molecule has 142 valence electrons. The van der Waals surface area contributed by atoms with E-state index in [1.165, 1.54) is 29.1 Å². The zero-order chi connectivity index (χ0) is 19.3. The first-order chi connectivity index (χ1) is 13.7. The minimum atomic E-state index is -0.649. The van der Waals surface area contributed by atoms with Gasteiger partial charge in [0, 0.05) is 30.2 Å². The van der Waals surface area contributed by atoms with Gasteiger partial charge in [-0.3, -0.25) is 0 Å². The summed E-state index contributed by atoms with van der Waals surface area (Å²) in [4.78, 5) is 11.4. The van der Waals surface area contributed by atoms with Crippen molar-refractivity contribution in [2.45, 2.75) is 13.0 Å². The van der Waals surface area contributed by atoms with Crippen LogP contribution in [0.1, 0.15) is 21.8 Å². The maximum atomic E-state index is 11.4. The molecule has 0 aliphatic carbocycles. The Kier molecular flexibility index (Phi) is 5.05. The highest BCUT2D eigenvalue weighted by Gasteiger charge is 2.15. The Morgan fingerprint density at radius 1 is 1.11 bits per heavy atom. The minimum Gasteiger partial charge on any atom is -0.462 e. The number of aromatic nitrogens is 3. The average molecular weight is 376 g/mol. The number of rotatable bonds is 7. The first-order valence-corrected chi connectivity index (χ1v) is 9.01. The van der Waals surface area contributed by atoms with Gasteiger partial charge >= 0.3 is 17.9 Å². The van der Waals surface area contributed by atoms with Crippen molar-refractivity contribution in [3.05, 3.63) is 77.8 Å². The monoisotopic (exact) mass is 376 g/mol. The summed E-state index contributed by atoms with van der Waals surface area (Å²) < 4.78 is 12.1. The van der Waals surface area contributed by atoms with Gasteiger partial charge in [-0.15, -0.1) is 0 Å². The highest BCUT2D eigenvalue weighted by atomic mass is 16.5. The zero-order valence-electron chi connectivity index (χ0n) is 15.5. The van der Waals surface area contributed by atoms with Crippen molar-refractivity contribution < 1.29 is 13.9 Å². The number of nitrogens with zero attached hydrogens (tertiary/aromatic N) is 3. The molecule has 0 saturated carbocycles. The summed E-state index contributed by atoms with van der Waals surface area (Å²) in [6.07, 6.45) is 2.96. The molecule has 7 heteroatoms. The molecule has 28 heavy (non-hydrogen) atoms. The molecule has 0 fully saturated rings. The zero-order valence-corrected chi connectivity index (χ0v) is 15.5. The third-order valence-electron chi connectivity index (χ3n) is 4.52. The van der Waals surface area contributed by atoms with Gasteiger partial charge in [0.05, 0.1) is 7.11 Å². The van der Waals surface area contributed by atoms with Crippen molar-refractivity contribution in [1.82, 2.24) is 14.8 Å². The molecule has 7 nitrogen and oxygen atoms in total. The SMILES string of the molecule is COC(=O)c1nnc(NCCc2cn(Cc3ccccc3)c3ccccc23)o1. The van der Waals surface area contributed by atoms with Gasteiger partial charge in [0.2, 0.25) is 0 Å². The van der Waals surface area contributed by atoms with Crippen molar-refractivity contribution in [2.75, 3.05) is 19.0 Å². The molecule has 0 aliphatic heterocycles. The van der Waals surface area contributed by atoms with Crippen LogP contribution in [0.4, 0.5) is 6.01 Å². The van der Waals surface area contributed by atoms with Crippen LogP contribution in [0.3, 0.4) is 0 Å². The van der Waals surface area contributed by atoms with Crippen molar-refractivity contribution in [1.29, 1.82) is 0 Å². The fourth-order valence-corrected chi connectivity index (χ4v) is 3.20. The van der Waals surface area contributed by atoms with E-state index in [1.807, 2.05) is 12.1 Å². The minimum absolute atomic E-state index is 0.163. The number of anilines is 1. The summed E-state index contributed by atoms with van der Waals surface area (Å²) in [7, 11) is 1.27. The summed E-state index contributed by atoms with van der Waals surface area (Å²) >= 11 is 0. The van der Waals surface area contributed by atoms with Crippen LogP contribution in [0.5, 0.6) is 0 Å². The first kappa shape index (κ1) is 17.8. The van der Waals surface area contributed by atoms with Crippen LogP contribution in [0, 0.1) is 0 Å². The van der Waals surface area contributed by atoms with Gasteiger partial charge < -0.3 is 19.0 Å². The first-order valence-electron chi connectivity index (χ1n) is 9.01. The molecular formula is C21H20N4O3. The van der Waals surface area contributed by atoms with Crippen molar-refractivity contribution >= 4 is 22.9 Å². The molecule has 2 aromatic heterocycles. The van der Waals surface area contributed by atoms with Crippen molar-refractivity contribution in [3.63, 3.8) is 0 Å². The lowest BCUT2D eigenvalue weighted by molar-refractivity contribution is 0.0557. The second-order valence-corrected chi connectivity index (χ2v) is 6.37. The highest BCUT2D eigenvalue weighted by Crippen LogP contribution is 2.23. The van der Waals surface area contributed by atoms with E-state index in [9.17, 15) is 4.79 Å². The van der Waals surface area contributed by atoms with Gasteiger partial charge in [0.1, 0.15) is 0 Å². The summed E-state index contributed by atoms with van der Waals surface area (Å²) in [5.41, 5.74) is 3.69. The van der Waals surface area contributed by atoms with E-state index in [-0.39, 0.29) is 11.9 Å². The van der Waals surface area contributed by atoms with Crippen molar-refractivity contribution in [3.8, 4) is 0 Å². The lowest BCUT2D eigenvalue weighted by Gasteiger charge is -2.05. The van der Waals surface area contributed by atoms with Crippen molar-refractivity contribution in [2.24, 2.45) is 0 Å². The Morgan fingerprint density at radius 2 is 1.89 bits per heavy atom. The average Bonchev–Trinajstić information content (AvgIpc) is 3.34. The number of esters is 1. The number of para-hydroxylation sites is 1. The number of carbonyl (C=O) groups excluding carboxylic acids is 1. The molecule has 2 heterocycles. The summed E-state index contributed by atoms with van der Waals surface area (Å²) in [6, 6.07) is 19.0. The number of ether oxygens (including phenoxy) is 1. The maximum absolute atomic E-state index is 11.4. The van der Waals surface area contributed by atoms with Crippen LogP contribution in [0.15, 0.2) is 65.2 Å². The second kappa shape index (κ2) is 7.96. The van der Waals surface area contributed by atoms with Gasteiger partial charge in [0.25, 0.3) is 0 Å². The predicted molar refractivity (Wildman–Crippen MR) is 105 cm³/mol. The van der Waals surface area contributed by atoms with Crippen LogP contribution in [-0.4, -0.2) is 34.4 Å². The molecule has 0 radical (unpaired) electrons. The van der Waals surface area contributed by atoms with E-state index in [4.69, 9.17) is 4.42 Å². The molecule has 1 N–H and O–H groups in total. The lowest BCUT2D eigenvalue weighted by atomic mass is 10.1. The van der Waals surface area contributed by atoms with Gasteiger partial charge in [-0.05, 0) is 23.6 Å². The number of methoxy groups -OCH3 is 1. The maximum Gasteiger partial charge on any atom is 0.396 e. The molecule has 0 atom stereocenters.